The lowest BCUT2D eigenvalue weighted by Crippen LogP contribution is -2.45. The summed E-state index contributed by atoms with van der Waals surface area (Å²) in [5.74, 6) is -1.01. The van der Waals surface area contributed by atoms with Gasteiger partial charge >= 0.3 is 6.03 Å². The van der Waals surface area contributed by atoms with Gasteiger partial charge in [0.05, 0.1) is 0 Å². The molecule has 0 aliphatic carbocycles. The number of nitrogens with one attached hydrogen (secondary N) is 2. The number of anilines is 1. The molecular weight excluding hydrogens is 377 g/mol. The zero-order valence-electron chi connectivity index (χ0n) is 13.7. The van der Waals surface area contributed by atoms with E-state index in [1.807, 2.05) is 6.07 Å². The smallest absolute Gasteiger partial charge is 0.324 e. The number of amides is 4. The maximum atomic E-state index is 12.6. The first kappa shape index (κ1) is 18.2. The molecule has 2 N–H and O–H groups in total. The average molecular weight is 392 g/mol. The fourth-order valence-corrected chi connectivity index (χ4v) is 3.25. The van der Waals surface area contributed by atoms with Crippen molar-refractivity contribution >= 4 is 46.7 Å². The summed E-state index contributed by atoms with van der Waals surface area (Å²) < 4.78 is 0. The maximum Gasteiger partial charge on any atom is 0.325 e. The van der Waals surface area contributed by atoms with Gasteiger partial charge in [-0.15, -0.1) is 0 Å². The normalized spacial score (nSPS) is 17.8. The van der Waals surface area contributed by atoms with Crippen molar-refractivity contribution < 1.29 is 14.4 Å². The van der Waals surface area contributed by atoms with Gasteiger partial charge in [-0.05, 0) is 30.7 Å². The average Bonchev–Trinajstić information content (AvgIpc) is 2.88. The number of urea groups is 1. The quantitative estimate of drug-likeness (QED) is 0.781. The Morgan fingerprint density at radius 3 is 2.35 bits per heavy atom. The van der Waals surface area contributed by atoms with Crippen LogP contribution in [0.1, 0.15) is 18.5 Å². The minimum atomic E-state index is -1.01. The second-order valence-electron chi connectivity index (χ2n) is 5.82. The van der Waals surface area contributed by atoms with Crippen LogP contribution in [0.15, 0.2) is 48.5 Å². The lowest BCUT2D eigenvalue weighted by Gasteiger charge is -2.21. The molecular formula is C18H15Cl2N3O3. The predicted molar refractivity (Wildman–Crippen MR) is 99.1 cm³/mol. The topological polar surface area (TPSA) is 78.5 Å². The number of benzene rings is 2. The Bertz CT molecular complexity index is 853. The van der Waals surface area contributed by atoms with Crippen LogP contribution in [-0.4, -0.2) is 28.8 Å². The second-order valence-corrected chi connectivity index (χ2v) is 6.70. The summed E-state index contributed by atoms with van der Waals surface area (Å²) in [5, 5.41) is 5.94. The van der Waals surface area contributed by atoms with Gasteiger partial charge in [-0.1, -0.05) is 53.5 Å². The highest BCUT2D eigenvalue weighted by molar-refractivity contribution is 6.35. The van der Waals surface area contributed by atoms with E-state index in [9.17, 15) is 14.4 Å². The van der Waals surface area contributed by atoms with Gasteiger partial charge in [0, 0.05) is 15.7 Å². The Kier molecular flexibility index (Phi) is 5.15. The van der Waals surface area contributed by atoms with Crippen LogP contribution < -0.4 is 10.6 Å². The standard InChI is InChI=1S/C18H15Cl2N3O3/c1-10(16(24)21-14-8-12(19)7-13(20)9-14)23-17(25)15(22-18(23)26)11-5-3-2-4-6-11/h2-10,15H,1H3,(H,21,24)(H,22,26). The van der Waals surface area contributed by atoms with Gasteiger partial charge in [-0.3, -0.25) is 9.59 Å². The largest absolute Gasteiger partial charge is 0.325 e. The molecule has 1 heterocycles. The number of halogens is 2. The molecule has 0 aromatic heterocycles. The van der Waals surface area contributed by atoms with Crippen LogP contribution in [0.2, 0.25) is 10.0 Å². The van der Waals surface area contributed by atoms with Crippen LogP contribution in [0.3, 0.4) is 0 Å². The molecule has 2 aromatic rings. The minimum absolute atomic E-state index is 0.361. The number of carbonyl (C=O) groups is 3. The Labute approximate surface area is 160 Å². The van der Waals surface area contributed by atoms with Gasteiger partial charge < -0.3 is 10.6 Å². The molecule has 8 heteroatoms. The highest BCUT2D eigenvalue weighted by Crippen LogP contribution is 2.25. The molecule has 2 unspecified atom stereocenters. The van der Waals surface area contributed by atoms with Crippen molar-refractivity contribution in [3.05, 3.63) is 64.1 Å². The molecule has 0 bridgehead atoms. The molecule has 1 aliphatic rings. The van der Waals surface area contributed by atoms with Gasteiger partial charge in [0.25, 0.3) is 5.91 Å². The number of hydrogen-bond donors (Lipinski definition) is 2. The Balaban J connectivity index is 1.76. The number of hydrogen-bond acceptors (Lipinski definition) is 3. The lowest BCUT2D eigenvalue weighted by atomic mass is 10.1. The molecule has 134 valence electrons. The summed E-state index contributed by atoms with van der Waals surface area (Å²) in [6, 6.07) is 11.0. The van der Waals surface area contributed by atoms with Crippen LogP contribution in [0, 0.1) is 0 Å². The molecule has 1 saturated heterocycles. The molecule has 26 heavy (non-hydrogen) atoms. The number of rotatable bonds is 4. The molecule has 1 fully saturated rings. The highest BCUT2D eigenvalue weighted by atomic mass is 35.5. The monoisotopic (exact) mass is 391 g/mol. The van der Waals surface area contributed by atoms with E-state index < -0.39 is 29.9 Å². The first-order chi connectivity index (χ1) is 12.4. The van der Waals surface area contributed by atoms with Gasteiger partial charge in [0.1, 0.15) is 12.1 Å². The van der Waals surface area contributed by atoms with Crippen LogP contribution in [0.4, 0.5) is 10.5 Å². The lowest BCUT2D eigenvalue weighted by molar-refractivity contribution is -0.133. The molecule has 0 radical (unpaired) electrons. The minimum Gasteiger partial charge on any atom is -0.324 e. The molecule has 0 spiro atoms. The zero-order valence-corrected chi connectivity index (χ0v) is 15.2. The third-order valence-corrected chi connectivity index (χ3v) is 4.44. The number of nitrogens with zero attached hydrogens (tertiary/aromatic N) is 1. The van der Waals surface area contributed by atoms with Gasteiger partial charge in [-0.2, -0.15) is 0 Å². The van der Waals surface area contributed by atoms with Crippen molar-refractivity contribution in [2.45, 2.75) is 19.0 Å². The SMILES string of the molecule is CC(C(=O)Nc1cc(Cl)cc(Cl)c1)N1C(=O)NC(c2ccccc2)C1=O. The van der Waals surface area contributed by atoms with Crippen LogP contribution in [0.25, 0.3) is 0 Å². The van der Waals surface area contributed by atoms with E-state index in [0.717, 1.165) is 4.90 Å². The molecule has 3 rings (SSSR count). The second kappa shape index (κ2) is 7.35. The van der Waals surface area contributed by atoms with Gasteiger partial charge in [0.2, 0.25) is 5.91 Å². The summed E-state index contributed by atoms with van der Waals surface area (Å²) in [5.41, 5.74) is 1.04. The van der Waals surface area contributed by atoms with E-state index in [1.54, 1.807) is 24.3 Å². The highest BCUT2D eigenvalue weighted by Gasteiger charge is 2.43. The van der Waals surface area contributed by atoms with Crippen molar-refractivity contribution in [3.63, 3.8) is 0 Å². The van der Waals surface area contributed by atoms with E-state index in [4.69, 9.17) is 23.2 Å². The first-order valence-electron chi connectivity index (χ1n) is 7.82. The van der Waals surface area contributed by atoms with E-state index in [0.29, 0.717) is 21.3 Å². The third-order valence-electron chi connectivity index (χ3n) is 4.00. The summed E-state index contributed by atoms with van der Waals surface area (Å²) >= 11 is 11.8. The molecule has 1 aliphatic heterocycles. The summed E-state index contributed by atoms with van der Waals surface area (Å²) in [4.78, 5) is 38.3. The Hall–Kier alpha value is -2.57. The summed E-state index contributed by atoms with van der Waals surface area (Å²) in [7, 11) is 0. The summed E-state index contributed by atoms with van der Waals surface area (Å²) in [6.07, 6.45) is 0. The van der Waals surface area contributed by atoms with Crippen molar-refractivity contribution in [1.82, 2.24) is 10.2 Å². The fraction of sp³-hybridized carbons (Fsp3) is 0.167. The number of imide groups is 1. The van der Waals surface area contributed by atoms with Gasteiger partial charge in [-0.25, -0.2) is 9.69 Å². The summed E-state index contributed by atoms with van der Waals surface area (Å²) in [6.45, 7) is 1.48. The van der Waals surface area contributed by atoms with Gasteiger partial charge in [0.15, 0.2) is 0 Å². The zero-order chi connectivity index (χ0) is 18.8. The molecule has 2 aromatic carbocycles. The molecule has 6 nitrogen and oxygen atoms in total. The van der Waals surface area contributed by atoms with Crippen LogP contribution in [0.5, 0.6) is 0 Å². The number of carbonyl (C=O) groups excluding carboxylic acids is 3. The predicted octanol–water partition coefficient (Wildman–Crippen LogP) is 3.61. The molecule has 2 atom stereocenters. The fourth-order valence-electron chi connectivity index (χ4n) is 2.72. The first-order valence-corrected chi connectivity index (χ1v) is 8.58. The molecule has 0 saturated carbocycles. The van der Waals surface area contributed by atoms with E-state index in [-0.39, 0.29) is 0 Å². The van der Waals surface area contributed by atoms with E-state index >= 15 is 0 Å². The molecule has 4 amide bonds. The van der Waals surface area contributed by atoms with Crippen molar-refractivity contribution in [3.8, 4) is 0 Å². The van der Waals surface area contributed by atoms with E-state index in [2.05, 4.69) is 10.6 Å². The van der Waals surface area contributed by atoms with Crippen molar-refractivity contribution in [2.24, 2.45) is 0 Å². The maximum absolute atomic E-state index is 12.6. The van der Waals surface area contributed by atoms with Crippen molar-refractivity contribution in [1.29, 1.82) is 0 Å². The van der Waals surface area contributed by atoms with Crippen LogP contribution in [-0.2, 0) is 9.59 Å². The Morgan fingerprint density at radius 1 is 1.12 bits per heavy atom. The van der Waals surface area contributed by atoms with Crippen LogP contribution >= 0.6 is 23.2 Å². The Morgan fingerprint density at radius 2 is 1.73 bits per heavy atom. The van der Waals surface area contributed by atoms with E-state index in [1.165, 1.54) is 25.1 Å². The van der Waals surface area contributed by atoms with Crippen molar-refractivity contribution in [2.75, 3.05) is 5.32 Å². The third kappa shape index (κ3) is 3.66.